The third kappa shape index (κ3) is 2.88. The molecule has 0 aromatic carbocycles. The lowest BCUT2D eigenvalue weighted by molar-refractivity contribution is -0.117. The molecule has 2 aromatic rings. The molecule has 0 unspecified atom stereocenters. The zero-order valence-electron chi connectivity index (χ0n) is 13.5. The van der Waals surface area contributed by atoms with Crippen molar-refractivity contribution < 1.29 is 4.79 Å². The van der Waals surface area contributed by atoms with Crippen LogP contribution in [-0.2, 0) is 18.4 Å². The molecule has 0 aliphatic heterocycles. The molecule has 0 radical (unpaired) electrons. The van der Waals surface area contributed by atoms with E-state index in [-0.39, 0.29) is 23.1 Å². The smallest absolute Gasteiger partial charge is 0.322 e. The van der Waals surface area contributed by atoms with E-state index in [1.54, 1.807) is 24.9 Å². The first-order chi connectivity index (χ1) is 10.3. The minimum Gasteiger partial charge on any atom is -0.322 e. The van der Waals surface area contributed by atoms with Gasteiger partial charge in [0.05, 0.1) is 6.33 Å². The third-order valence-corrected chi connectivity index (χ3v) is 3.77. The molecule has 7 heteroatoms. The number of fused-ring (bicyclic) bond motifs is 1. The molecule has 0 fully saturated rings. The lowest BCUT2D eigenvalue weighted by Gasteiger charge is -2.11. The van der Waals surface area contributed by atoms with E-state index in [0.29, 0.717) is 37.0 Å². The molecule has 120 valence electrons. The summed E-state index contributed by atoms with van der Waals surface area (Å²) < 4.78 is 4.42. The molecular formula is C15H22N4O3. The highest BCUT2D eigenvalue weighted by Gasteiger charge is 2.17. The van der Waals surface area contributed by atoms with Crippen molar-refractivity contribution in [2.75, 3.05) is 0 Å². The number of aryl methyl sites for hydroxylation is 1. The van der Waals surface area contributed by atoms with Gasteiger partial charge in [0.1, 0.15) is 5.78 Å². The van der Waals surface area contributed by atoms with Crippen LogP contribution in [0.4, 0.5) is 0 Å². The van der Waals surface area contributed by atoms with Gasteiger partial charge in [0.15, 0.2) is 11.2 Å². The van der Waals surface area contributed by atoms with E-state index in [2.05, 4.69) is 4.98 Å². The molecule has 0 saturated carbocycles. The van der Waals surface area contributed by atoms with Crippen LogP contribution in [0.5, 0.6) is 0 Å². The summed E-state index contributed by atoms with van der Waals surface area (Å²) in [5.74, 6) is 0.119. The predicted octanol–water partition coefficient (Wildman–Crippen LogP) is 1.24. The second kappa shape index (κ2) is 6.29. The zero-order chi connectivity index (χ0) is 16.4. The Morgan fingerprint density at radius 2 is 1.95 bits per heavy atom. The monoisotopic (exact) mass is 306 g/mol. The Hall–Kier alpha value is -2.18. The van der Waals surface area contributed by atoms with E-state index in [9.17, 15) is 14.4 Å². The summed E-state index contributed by atoms with van der Waals surface area (Å²) in [7, 11) is 1.62. The third-order valence-electron chi connectivity index (χ3n) is 3.77. The molecule has 0 bridgehead atoms. The number of imidazole rings is 1. The maximum absolute atomic E-state index is 12.6. The maximum atomic E-state index is 12.6. The number of Topliss-reactive ketones (excluding diaryl/α,β-unsaturated/α-hetero) is 1. The number of unbranched alkanes of at least 4 members (excludes halogenated alkanes) is 1. The van der Waals surface area contributed by atoms with Gasteiger partial charge in [-0.1, -0.05) is 0 Å². The number of ketones is 1. The molecule has 2 aromatic heterocycles. The van der Waals surface area contributed by atoms with E-state index in [0.717, 1.165) is 0 Å². The van der Waals surface area contributed by atoms with Crippen LogP contribution in [0.1, 0.15) is 46.1 Å². The van der Waals surface area contributed by atoms with Crippen molar-refractivity contribution in [3.05, 3.63) is 27.2 Å². The van der Waals surface area contributed by atoms with Gasteiger partial charge in [-0.05, 0) is 33.6 Å². The second-order valence-electron chi connectivity index (χ2n) is 5.88. The van der Waals surface area contributed by atoms with Crippen LogP contribution in [-0.4, -0.2) is 24.5 Å². The van der Waals surface area contributed by atoms with Crippen LogP contribution in [0.3, 0.4) is 0 Å². The molecule has 0 aliphatic rings. The Kier molecular flexibility index (Phi) is 4.63. The van der Waals surface area contributed by atoms with E-state index in [4.69, 9.17) is 0 Å². The predicted molar refractivity (Wildman–Crippen MR) is 84.2 cm³/mol. The Morgan fingerprint density at radius 1 is 1.27 bits per heavy atom. The van der Waals surface area contributed by atoms with Crippen LogP contribution in [0, 0.1) is 0 Å². The average Bonchev–Trinajstić information content (AvgIpc) is 2.89. The van der Waals surface area contributed by atoms with Crippen molar-refractivity contribution in [3.8, 4) is 0 Å². The molecule has 7 nitrogen and oxygen atoms in total. The normalized spacial score (nSPS) is 11.5. The molecule has 0 saturated heterocycles. The highest BCUT2D eigenvalue weighted by molar-refractivity contribution is 5.75. The van der Waals surface area contributed by atoms with Crippen LogP contribution >= 0.6 is 0 Å². The minimum atomic E-state index is -0.366. The van der Waals surface area contributed by atoms with E-state index >= 15 is 0 Å². The number of rotatable bonds is 6. The summed E-state index contributed by atoms with van der Waals surface area (Å²) in [5.41, 5.74) is 0.175. The van der Waals surface area contributed by atoms with Gasteiger partial charge < -0.3 is 9.36 Å². The highest BCUT2D eigenvalue weighted by Crippen LogP contribution is 2.12. The zero-order valence-corrected chi connectivity index (χ0v) is 13.5. The summed E-state index contributed by atoms with van der Waals surface area (Å²) >= 11 is 0. The SMILES string of the molecule is CC(=O)CCCCn1c(=O)c2c(ncn2C(C)C)n(C)c1=O. The first-order valence-corrected chi connectivity index (χ1v) is 7.50. The van der Waals surface area contributed by atoms with Gasteiger partial charge in [0.2, 0.25) is 0 Å². The summed E-state index contributed by atoms with van der Waals surface area (Å²) in [6.07, 6.45) is 3.36. The fraction of sp³-hybridized carbons (Fsp3) is 0.600. The number of aromatic nitrogens is 4. The van der Waals surface area contributed by atoms with Crippen molar-refractivity contribution in [3.63, 3.8) is 0 Å². The van der Waals surface area contributed by atoms with Crippen LogP contribution in [0.15, 0.2) is 15.9 Å². The standard InChI is InChI=1S/C15H22N4O3/c1-10(2)19-9-16-13-12(19)14(21)18(15(22)17(13)4)8-6-5-7-11(3)20/h9-10H,5-8H2,1-4H3. The topological polar surface area (TPSA) is 78.9 Å². The summed E-state index contributed by atoms with van der Waals surface area (Å²) in [5, 5.41) is 0. The lowest BCUT2D eigenvalue weighted by atomic mass is 10.2. The number of hydrogen-bond donors (Lipinski definition) is 0. The number of nitrogens with zero attached hydrogens (tertiary/aromatic N) is 4. The first kappa shape index (κ1) is 16.2. The molecule has 22 heavy (non-hydrogen) atoms. The van der Waals surface area contributed by atoms with Gasteiger partial charge in [-0.15, -0.1) is 0 Å². The fourth-order valence-corrected chi connectivity index (χ4v) is 2.52. The Morgan fingerprint density at radius 3 is 2.55 bits per heavy atom. The minimum absolute atomic E-state index is 0.0846. The largest absolute Gasteiger partial charge is 0.332 e. The highest BCUT2D eigenvalue weighted by atomic mass is 16.2. The second-order valence-corrected chi connectivity index (χ2v) is 5.88. The number of carbonyl (C=O) groups excluding carboxylic acids is 1. The van der Waals surface area contributed by atoms with Crippen molar-refractivity contribution >= 4 is 16.9 Å². The summed E-state index contributed by atoms with van der Waals surface area (Å²) in [6, 6.07) is 0.0846. The number of hydrogen-bond acceptors (Lipinski definition) is 4. The molecule has 0 N–H and O–H groups in total. The first-order valence-electron chi connectivity index (χ1n) is 7.50. The van der Waals surface area contributed by atoms with E-state index in [1.807, 2.05) is 13.8 Å². The summed E-state index contributed by atoms with van der Waals surface area (Å²) in [6.45, 7) is 5.78. The fourth-order valence-electron chi connectivity index (χ4n) is 2.52. The quantitative estimate of drug-likeness (QED) is 0.752. The van der Waals surface area contributed by atoms with Crippen molar-refractivity contribution in [2.24, 2.45) is 7.05 Å². The Labute approximate surface area is 128 Å². The number of carbonyl (C=O) groups is 1. The van der Waals surface area contributed by atoms with Crippen LogP contribution < -0.4 is 11.2 Å². The molecular weight excluding hydrogens is 284 g/mol. The molecule has 0 aliphatic carbocycles. The average molecular weight is 306 g/mol. The van der Waals surface area contributed by atoms with Gasteiger partial charge in [-0.25, -0.2) is 9.78 Å². The molecule has 0 atom stereocenters. The van der Waals surface area contributed by atoms with Gasteiger partial charge in [0, 0.05) is 26.1 Å². The Balaban J connectivity index is 2.46. The summed E-state index contributed by atoms with van der Waals surface area (Å²) in [4.78, 5) is 40.1. The van der Waals surface area contributed by atoms with Crippen molar-refractivity contribution in [2.45, 2.75) is 52.6 Å². The molecule has 2 heterocycles. The van der Waals surface area contributed by atoms with E-state index in [1.165, 1.54) is 9.13 Å². The Bertz CT molecular complexity index is 811. The lowest BCUT2D eigenvalue weighted by Crippen LogP contribution is -2.39. The van der Waals surface area contributed by atoms with Crippen LogP contribution in [0.25, 0.3) is 11.2 Å². The van der Waals surface area contributed by atoms with Crippen molar-refractivity contribution in [1.82, 2.24) is 18.7 Å². The maximum Gasteiger partial charge on any atom is 0.332 e. The van der Waals surface area contributed by atoms with Gasteiger partial charge in [-0.3, -0.25) is 13.9 Å². The van der Waals surface area contributed by atoms with Crippen LogP contribution in [0.2, 0.25) is 0 Å². The molecule has 0 amide bonds. The van der Waals surface area contributed by atoms with E-state index < -0.39 is 0 Å². The molecule has 2 rings (SSSR count). The van der Waals surface area contributed by atoms with Crippen molar-refractivity contribution in [1.29, 1.82) is 0 Å². The molecule has 0 spiro atoms. The van der Waals surface area contributed by atoms with Gasteiger partial charge in [0.25, 0.3) is 5.56 Å². The van der Waals surface area contributed by atoms with Gasteiger partial charge >= 0.3 is 5.69 Å². The van der Waals surface area contributed by atoms with Gasteiger partial charge in [-0.2, -0.15) is 0 Å².